The predicted octanol–water partition coefficient (Wildman–Crippen LogP) is 3.19. The van der Waals surface area contributed by atoms with Crippen molar-refractivity contribution >= 4 is 40.9 Å². The molecule has 4 rings (SSSR count). The van der Waals surface area contributed by atoms with Gasteiger partial charge in [0.25, 0.3) is 11.8 Å². The Bertz CT molecular complexity index is 1270. The molecule has 0 spiro atoms. The van der Waals surface area contributed by atoms with E-state index in [1.807, 2.05) is 43.3 Å². The second kappa shape index (κ2) is 10.2. The molecule has 188 valence electrons. The van der Waals surface area contributed by atoms with E-state index in [9.17, 15) is 19.2 Å². The third-order valence-corrected chi connectivity index (χ3v) is 6.94. The number of benzene rings is 2. The average Bonchev–Trinajstić information content (AvgIpc) is 3.09. The van der Waals surface area contributed by atoms with Crippen molar-refractivity contribution in [3.05, 3.63) is 76.0 Å². The van der Waals surface area contributed by atoms with E-state index in [-0.39, 0.29) is 24.0 Å². The highest BCUT2D eigenvalue weighted by atomic mass is 35.5. The third kappa shape index (κ3) is 5.50. The summed E-state index contributed by atoms with van der Waals surface area (Å²) in [6.07, 6.45) is 1.39. The number of halogens is 1. The Morgan fingerprint density at radius 3 is 2.61 bits per heavy atom. The molecule has 1 unspecified atom stereocenters. The second-order valence-corrected chi connectivity index (χ2v) is 10.2. The molecule has 2 aliphatic rings. The Morgan fingerprint density at radius 2 is 1.89 bits per heavy atom. The molecule has 0 radical (unpaired) electrons. The van der Waals surface area contributed by atoms with Crippen LogP contribution in [0.2, 0.25) is 5.02 Å². The van der Waals surface area contributed by atoms with Gasteiger partial charge in [-0.25, -0.2) is 0 Å². The lowest BCUT2D eigenvalue weighted by molar-refractivity contribution is -0.149. The van der Waals surface area contributed by atoms with E-state index in [4.69, 9.17) is 11.6 Å². The van der Waals surface area contributed by atoms with Crippen molar-refractivity contribution in [3.63, 3.8) is 0 Å². The van der Waals surface area contributed by atoms with Gasteiger partial charge >= 0.3 is 0 Å². The molecule has 0 aliphatic carbocycles. The van der Waals surface area contributed by atoms with Crippen LogP contribution in [0.4, 0.5) is 5.69 Å². The molecule has 0 bridgehead atoms. The summed E-state index contributed by atoms with van der Waals surface area (Å²) in [6.45, 7) is 7.60. The SMILES string of the molecule is Cc1ccc(CNCC(C)(C)c2cccc(NC3=CC(=O)N(C4CCC(=O)NC4=O)C3=O)c2)cc1Cl. The minimum atomic E-state index is -0.988. The number of hydrogen-bond acceptors (Lipinski definition) is 6. The Morgan fingerprint density at radius 1 is 1.11 bits per heavy atom. The van der Waals surface area contributed by atoms with E-state index in [0.29, 0.717) is 18.8 Å². The van der Waals surface area contributed by atoms with E-state index >= 15 is 0 Å². The summed E-state index contributed by atoms with van der Waals surface area (Å²) in [6, 6.07) is 12.7. The maximum absolute atomic E-state index is 12.9. The fraction of sp³-hybridized carbons (Fsp3) is 0.333. The molecule has 1 saturated heterocycles. The number of nitrogens with zero attached hydrogens (tertiary/aromatic N) is 1. The highest BCUT2D eigenvalue weighted by Gasteiger charge is 2.42. The maximum Gasteiger partial charge on any atom is 0.278 e. The van der Waals surface area contributed by atoms with E-state index in [2.05, 4.69) is 35.9 Å². The third-order valence-electron chi connectivity index (χ3n) is 6.53. The van der Waals surface area contributed by atoms with Gasteiger partial charge in [-0.2, -0.15) is 0 Å². The van der Waals surface area contributed by atoms with Gasteiger partial charge in [0, 0.05) is 41.7 Å². The molecule has 4 amide bonds. The number of imide groups is 2. The van der Waals surface area contributed by atoms with Crippen LogP contribution in [0.3, 0.4) is 0 Å². The summed E-state index contributed by atoms with van der Waals surface area (Å²) in [7, 11) is 0. The van der Waals surface area contributed by atoms with Crippen LogP contribution in [0.5, 0.6) is 0 Å². The summed E-state index contributed by atoms with van der Waals surface area (Å²) in [5, 5.41) is 9.46. The number of anilines is 1. The molecule has 9 heteroatoms. The van der Waals surface area contributed by atoms with Gasteiger partial charge in [0.2, 0.25) is 11.8 Å². The smallest absolute Gasteiger partial charge is 0.278 e. The van der Waals surface area contributed by atoms with Crippen LogP contribution in [0.25, 0.3) is 0 Å². The topological polar surface area (TPSA) is 108 Å². The van der Waals surface area contributed by atoms with Crippen LogP contribution < -0.4 is 16.0 Å². The van der Waals surface area contributed by atoms with E-state index < -0.39 is 29.7 Å². The molecule has 1 fully saturated rings. The average molecular weight is 509 g/mol. The lowest BCUT2D eigenvalue weighted by Gasteiger charge is -2.28. The molecule has 0 saturated carbocycles. The van der Waals surface area contributed by atoms with Crippen molar-refractivity contribution in [2.24, 2.45) is 0 Å². The molecule has 36 heavy (non-hydrogen) atoms. The van der Waals surface area contributed by atoms with Crippen molar-refractivity contribution in [2.45, 2.75) is 51.6 Å². The monoisotopic (exact) mass is 508 g/mol. The zero-order chi connectivity index (χ0) is 26.0. The zero-order valence-electron chi connectivity index (χ0n) is 20.5. The second-order valence-electron chi connectivity index (χ2n) is 9.82. The van der Waals surface area contributed by atoms with Crippen molar-refractivity contribution in [1.29, 1.82) is 0 Å². The van der Waals surface area contributed by atoms with Gasteiger partial charge in [0.15, 0.2) is 0 Å². The standard InChI is InChI=1S/C27H29ClN4O4/c1-16-7-8-17(11-20(16)28)14-29-15-27(2,3)18-5-4-6-19(12-18)30-21-13-24(34)32(26(21)36)22-9-10-23(33)31-25(22)35/h4-8,11-13,22,29-30H,9-10,14-15H2,1-3H3,(H,31,33,35). The lowest BCUT2D eigenvalue weighted by atomic mass is 9.84. The Balaban J connectivity index is 1.40. The summed E-state index contributed by atoms with van der Waals surface area (Å²) >= 11 is 6.23. The molecule has 2 heterocycles. The Kier molecular flexibility index (Phi) is 7.28. The highest BCUT2D eigenvalue weighted by Crippen LogP contribution is 2.28. The van der Waals surface area contributed by atoms with Crippen LogP contribution in [-0.4, -0.2) is 41.1 Å². The van der Waals surface area contributed by atoms with Crippen LogP contribution in [0.15, 0.2) is 54.2 Å². The predicted molar refractivity (Wildman–Crippen MR) is 137 cm³/mol. The zero-order valence-corrected chi connectivity index (χ0v) is 21.2. The van der Waals surface area contributed by atoms with Gasteiger partial charge in [-0.1, -0.05) is 49.7 Å². The van der Waals surface area contributed by atoms with Gasteiger partial charge < -0.3 is 10.6 Å². The minimum Gasteiger partial charge on any atom is -0.351 e. The van der Waals surface area contributed by atoms with Crippen LogP contribution >= 0.6 is 11.6 Å². The molecular formula is C27H29ClN4O4. The molecule has 2 aromatic carbocycles. The first-order valence-electron chi connectivity index (χ1n) is 11.8. The van der Waals surface area contributed by atoms with E-state index in [0.717, 1.165) is 26.6 Å². The maximum atomic E-state index is 12.9. The first kappa shape index (κ1) is 25.6. The largest absolute Gasteiger partial charge is 0.351 e. The van der Waals surface area contributed by atoms with Crippen molar-refractivity contribution in [3.8, 4) is 0 Å². The van der Waals surface area contributed by atoms with Gasteiger partial charge in [-0.15, -0.1) is 0 Å². The molecule has 3 N–H and O–H groups in total. The van der Waals surface area contributed by atoms with Crippen LogP contribution in [0, 0.1) is 6.92 Å². The van der Waals surface area contributed by atoms with Crippen LogP contribution in [-0.2, 0) is 31.1 Å². The number of hydrogen-bond donors (Lipinski definition) is 3. The Labute approximate surface area is 215 Å². The number of nitrogens with one attached hydrogen (secondary N) is 3. The summed E-state index contributed by atoms with van der Waals surface area (Å²) in [5.41, 5.74) is 3.71. The molecule has 0 aromatic heterocycles. The van der Waals surface area contributed by atoms with Gasteiger partial charge in [-0.3, -0.25) is 29.4 Å². The summed E-state index contributed by atoms with van der Waals surface area (Å²) in [5.74, 6) is -2.20. The van der Waals surface area contributed by atoms with Gasteiger partial charge in [-0.05, 0) is 48.2 Å². The number of carbonyl (C=O) groups excluding carboxylic acids is 4. The number of amides is 4. The highest BCUT2D eigenvalue weighted by molar-refractivity contribution is 6.31. The van der Waals surface area contributed by atoms with Gasteiger partial charge in [0.05, 0.1) is 0 Å². The molecular weight excluding hydrogens is 480 g/mol. The fourth-order valence-corrected chi connectivity index (χ4v) is 4.54. The summed E-state index contributed by atoms with van der Waals surface area (Å²) in [4.78, 5) is 50.0. The quantitative estimate of drug-likeness (QED) is 0.473. The van der Waals surface area contributed by atoms with E-state index in [1.54, 1.807) is 0 Å². The molecule has 2 aliphatic heterocycles. The summed E-state index contributed by atoms with van der Waals surface area (Å²) < 4.78 is 0. The lowest BCUT2D eigenvalue weighted by Crippen LogP contribution is -2.54. The Hall–Kier alpha value is -3.49. The van der Waals surface area contributed by atoms with Crippen molar-refractivity contribution < 1.29 is 19.2 Å². The van der Waals surface area contributed by atoms with Crippen LogP contribution in [0.1, 0.15) is 43.4 Å². The fourth-order valence-electron chi connectivity index (χ4n) is 4.34. The molecule has 1 atom stereocenters. The molecule has 8 nitrogen and oxygen atoms in total. The first-order valence-corrected chi connectivity index (χ1v) is 12.2. The number of rotatable bonds is 8. The van der Waals surface area contributed by atoms with Crippen molar-refractivity contribution in [2.75, 3.05) is 11.9 Å². The number of piperidine rings is 1. The molecule has 2 aromatic rings. The number of aryl methyl sites for hydroxylation is 1. The first-order chi connectivity index (χ1) is 17.0. The minimum absolute atomic E-state index is 0.0817. The normalized spacial score (nSPS) is 18.4. The van der Waals surface area contributed by atoms with Crippen molar-refractivity contribution in [1.82, 2.24) is 15.5 Å². The van der Waals surface area contributed by atoms with Gasteiger partial charge in [0.1, 0.15) is 11.7 Å². The van der Waals surface area contributed by atoms with E-state index in [1.165, 1.54) is 6.08 Å². The number of carbonyl (C=O) groups is 4.